The number of carbonyl (C=O) groups is 1. The first kappa shape index (κ1) is 27.8. The third kappa shape index (κ3) is 5.60. The number of aliphatic imine (C=N–C) groups is 1. The van der Waals surface area contributed by atoms with Crippen LogP contribution in [0, 0.1) is 0 Å². The zero-order valence-electron chi connectivity index (χ0n) is 23.0. The van der Waals surface area contributed by atoms with E-state index in [1.54, 1.807) is 32.4 Å². The van der Waals surface area contributed by atoms with Crippen molar-refractivity contribution in [3.63, 3.8) is 0 Å². The van der Waals surface area contributed by atoms with Gasteiger partial charge in [-0.1, -0.05) is 15.9 Å². The second kappa shape index (κ2) is 11.8. The molecule has 0 saturated carbocycles. The number of rotatable bonds is 8. The minimum Gasteiger partial charge on any atom is -0.493 e. The molecule has 0 atom stereocenters. The molecule has 12 heteroatoms. The number of aromatic nitrogens is 2. The number of amides is 1. The summed E-state index contributed by atoms with van der Waals surface area (Å²) in [5.41, 5.74) is 9.77. The third-order valence-corrected chi connectivity index (χ3v) is 7.60. The summed E-state index contributed by atoms with van der Waals surface area (Å²) in [6, 6.07) is 9.48. The van der Waals surface area contributed by atoms with Gasteiger partial charge in [-0.15, -0.1) is 0 Å². The molecular formula is C28H32BrN7O4. The Morgan fingerprint density at radius 2 is 1.73 bits per heavy atom. The molecular weight excluding hydrogens is 578 g/mol. The Hall–Kier alpha value is -3.74. The number of methoxy groups -OCH3 is 3. The Morgan fingerprint density at radius 3 is 2.35 bits per heavy atom. The fourth-order valence-electron chi connectivity index (χ4n) is 4.88. The predicted octanol–water partition coefficient (Wildman–Crippen LogP) is 3.11. The van der Waals surface area contributed by atoms with Gasteiger partial charge in [-0.3, -0.25) is 14.6 Å². The molecule has 1 amide bonds. The number of hydrogen-bond donors (Lipinski definition) is 1. The van der Waals surface area contributed by atoms with E-state index in [4.69, 9.17) is 19.9 Å². The van der Waals surface area contributed by atoms with Crippen LogP contribution in [0.5, 0.6) is 17.2 Å². The van der Waals surface area contributed by atoms with E-state index in [-0.39, 0.29) is 17.7 Å². The number of nitrogens with two attached hydrogens (primary N) is 1. The molecule has 0 spiro atoms. The van der Waals surface area contributed by atoms with E-state index in [2.05, 4.69) is 47.7 Å². The summed E-state index contributed by atoms with van der Waals surface area (Å²) in [7, 11) is 6.81. The van der Waals surface area contributed by atoms with Crippen molar-refractivity contribution in [3.05, 3.63) is 57.7 Å². The molecule has 3 heterocycles. The highest BCUT2D eigenvalue weighted by Gasteiger charge is 2.35. The number of anilines is 2. The van der Waals surface area contributed by atoms with Crippen LogP contribution >= 0.6 is 15.9 Å². The summed E-state index contributed by atoms with van der Waals surface area (Å²) < 4.78 is 17.2. The SMILES string of the molecule is COc1cc(Cc2cnc(/N=C3\C(=O)N(CN4CCN(C)CC4)c4ccc(Br)cc43)nc2N)cc(OC)c1OC. The molecule has 2 aliphatic heterocycles. The Balaban J connectivity index is 1.41. The molecule has 40 heavy (non-hydrogen) atoms. The molecule has 5 rings (SSSR count). The normalized spacial score (nSPS) is 16.9. The third-order valence-electron chi connectivity index (χ3n) is 7.11. The maximum atomic E-state index is 13.6. The van der Waals surface area contributed by atoms with Crippen LogP contribution in [0.25, 0.3) is 0 Å². The van der Waals surface area contributed by atoms with Crippen LogP contribution < -0.4 is 24.8 Å². The molecule has 11 nitrogen and oxygen atoms in total. The van der Waals surface area contributed by atoms with Crippen molar-refractivity contribution in [3.8, 4) is 17.2 Å². The number of fused-ring (bicyclic) bond motifs is 1. The van der Waals surface area contributed by atoms with Crippen LogP contribution in [-0.4, -0.2) is 92.6 Å². The molecule has 2 aliphatic rings. The fourth-order valence-corrected chi connectivity index (χ4v) is 5.24. The molecule has 0 radical (unpaired) electrons. The van der Waals surface area contributed by atoms with Crippen LogP contribution in [0.15, 0.2) is 46.0 Å². The van der Waals surface area contributed by atoms with E-state index in [1.165, 1.54) is 0 Å². The van der Waals surface area contributed by atoms with Gasteiger partial charge in [0.15, 0.2) is 11.5 Å². The Labute approximate surface area is 241 Å². The van der Waals surface area contributed by atoms with Gasteiger partial charge in [0.2, 0.25) is 5.75 Å². The van der Waals surface area contributed by atoms with Crippen molar-refractivity contribution in [2.45, 2.75) is 6.42 Å². The van der Waals surface area contributed by atoms with E-state index < -0.39 is 0 Å². The smallest absolute Gasteiger partial charge is 0.278 e. The second-order valence-electron chi connectivity index (χ2n) is 9.71. The van der Waals surface area contributed by atoms with Crippen LogP contribution in [0.1, 0.15) is 16.7 Å². The number of benzene rings is 2. The number of hydrogen-bond acceptors (Lipinski definition) is 10. The van der Waals surface area contributed by atoms with Gasteiger partial charge in [0.1, 0.15) is 11.5 Å². The number of piperazine rings is 1. The van der Waals surface area contributed by atoms with Crippen LogP contribution in [-0.2, 0) is 11.2 Å². The fraction of sp³-hybridized carbons (Fsp3) is 0.357. The van der Waals surface area contributed by atoms with Crippen molar-refractivity contribution in [1.82, 2.24) is 19.8 Å². The topological polar surface area (TPSA) is 119 Å². The average Bonchev–Trinajstić information content (AvgIpc) is 3.20. The van der Waals surface area contributed by atoms with Crippen molar-refractivity contribution < 1.29 is 19.0 Å². The number of carbonyl (C=O) groups excluding carboxylic acids is 1. The maximum Gasteiger partial charge on any atom is 0.278 e. The lowest BCUT2D eigenvalue weighted by atomic mass is 10.1. The van der Waals surface area contributed by atoms with E-state index in [0.29, 0.717) is 41.6 Å². The number of nitrogens with zero attached hydrogens (tertiary/aromatic N) is 6. The second-order valence-corrected chi connectivity index (χ2v) is 10.6. The van der Waals surface area contributed by atoms with Crippen molar-refractivity contribution in [2.75, 3.05) is 71.9 Å². The molecule has 2 aromatic carbocycles. The summed E-state index contributed by atoms with van der Waals surface area (Å²) in [6.45, 7) is 4.21. The number of nitrogen functional groups attached to an aromatic ring is 1. The zero-order valence-corrected chi connectivity index (χ0v) is 24.6. The van der Waals surface area contributed by atoms with Gasteiger partial charge < -0.3 is 24.8 Å². The quantitative estimate of drug-likeness (QED) is 0.411. The molecule has 210 valence electrons. The number of halogens is 1. The van der Waals surface area contributed by atoms with Crippen LogP contribution in [0.2, 0.25) is 0 Å². The summed E-state index contributed by atoms with van der Waals surface area (Å²) in [5.74, 6) is 1.82. The largest absolute Gasteiger partial charge is 0.493 e. The van der Waals surface area contributed by atoms with Gasteiger partial charge in [0.05, 0.1) is 33.7 Å². The monoisotopic (exact) mass is 609 g/mol. The first-order valence-electron chi connectivity index (χ1n) is 12.8. The maximum absolute atomic E-state index is 13.6. The standard InChI is InChI=1S/C28H32BrN7O4/c1-34-7-9-35(10-8-34)16-36-21-6-5-19(29)14-20(21)24(27(36)37)32-28-31-15-18(26(30)33-28)11-17-12-22(38-2)25(40-4)23(13-17)39-3/h5-6,12-15H,7-11,16H2,1-4H3,(H2,30,31,33)/b32-24-. The molecule has 0 unspecified atom stereocenters. The lowest BCUT2D eigenvalue weighted by Gasteiger charge is -2.34. The highest BCUT2D eigenvalue weighted by molar-refractivity contribution is 9.10. The van der Waals surface area contributed by atoms with Gasteiger partial charge in [0, 0.05) is 54.4 Å². The van der Waals surface area contributed by atoms with Gasteiger partial charge in [-0.2, -0.15) is 4.98 Å². The van der Waals surface area contributed by atoms with E-state index in [0.717, 1.165) is 47.5 Å². The first-order chi connectivity index (χ1) is 19.3. The first-order valence-corrected chi connectivity index (χ1v) is 13.6. The van der Waals surface area contributed by atoms with Crippen molar-refractivity contribution >= 4 is 45.0 Å². The number of ether oxygens (including phenoxy) is 3. The molecule has 1 saturated heterocycles. The molecule has 0 bridgehead atoms. The lowest BCUT2D eigenvalue weighted by Crippen LogP contribution is -2.49. The van der Waals surface area contributed by atoms with E-state index in [9.17, 15) is 4.79 Å². The van der Waals surface area contributed by atoms with Gasteiger partial charge in [-0.25, -0.2) is 9.98 Å². The van der Waals surface area contributed by atoms with E-state index >= 15 is 0 Å². The predicted molar refractivity (Wildman–Crippen MR) is 157 cm³/mol. The summed E-state index contributed by atoms with van der Waals surface area (Å²) in [6.07, 6.45) is 2.07. The van der Waals surface area contributed by atoms with Crippen LogP contribution in [0.3, 0.4) is 0 Å². The lowest BCUT2D eigenvalue weighted by molar-refractivity contribution is -0.112. The highest BCUT2D eigenvalue weighted by atomic mass is 79.9. The molecule has 1 fully saturated rings. The Kier molecular flexibility index (Phi) is 8.19. The van der Waals surface area contributed by atoms with Crippen molar-refractivity contribution in [2.24, 2.45) is 4.99 Å². The summed E-state index contributed by atoms with van der Waals surface area (Å²) in [5, 5.41) is 0. The number of likely N-dealkylation sites (N-methyl/N-ethyl adjacent to an activating group) is 1. The zero-order chi connectivity index (χ0) is 28.4. The average molecular weight is 611 g/mol. The minimum absolute atomic E-state index is 0.127. The van der Waals surface area contributed by atoms with Crippen LogP contribution in [0.4, 0.5) is 17.5 Å². The molecule has 2 N–H and O–H groups in total. The minimum atomic E-state index is -0.185. The summed E-state index contributed by atoms with van der Waals surface area (Å²) in [4.78, 5) is 33.4. The van der Waals surface area contributed by atoms with Gasteiger partial charge in [0.25, 0.3) is 11.9 Å². The van der Waals surface area contributed by atoms with Gasteiger partial charge in [-0.05, 0) is 42.9 Å². The molecule has 3 aromatic rings. The Morgan fingerprint density at radius 1 is 1.02 bits per heavy atom. The van der Waals surface area contributed by atoms with Gasteiger partial charge >= 0.3 is 0 Å². The highest BCUT2D eigenvalue weighted by Crippen LogP contribution is 2.39. The Bertz CT molecular complexity index is 1430. The van der Waals surface area contributed by atoms with Crippen molar-refractivity contribution in [1.29, 1.82) is 0 Å². The summed E-state index contributed by atoms with van der Waals surface area (Å²) >= 11 is 3.53. The molecule has 0 aliphatic carbocycles. The molecule has 1 aromatic heterocycles. The van der Waals surface area contributed by atoms with E-state index in [1.807, 2.05) is 30.3 Å².